The second kappa shape index (κ2) is 5.19. The minimum absolute atomic E-state index is 0.266. The summed E-state index contributed by atoms with van der Waals surface area (Å²) in [5.74, 6) is -1.04. The molecule has 4 heteroatoms. The molecule has 19 heavy (non-hydrogen) atoms. The van der Waals surface area contributed by atoms with Gasteiger partial charge in [-0.1, -0.05) is 19.4 Å². The molecule has 1 heterocycles. The fourth-order valence-corrected chi connectivity index (χ4v) is 2.81. The van der Waals surface area contributed by atoms with Crippen LogP contribution < -0.4 is 4.90 Å². The summed E-state index contributed by atoms with van der Waals surface area (Å²) in [6.45, 7) is 4.97. The Labute approximate surface area is 113 Å². The molecule has 104 valence electrons. The summed E-state index contributed by atoms with van der Waals surface area (Å²) in [4.78, 5) is 13.5. The van der Waals surface area contributed by atoms with E-state index in [0.29, 0.717) is 13.0 Å². The summed E-state index contributed by atoms with van der Waals surface area (Å²) in [6, 6.07) is 4.77. The first-order chi connectivity index (χ1) is 8.96. The summed E-state index contributed by atoms with van der Waals surface area (Å²) >= 11 is 0. The van der Waals surface area contributed by atoms with Gasteiger partial charge in [0, 0.05) is 18.8 Å². The number of rotatable bonds is 5. The number of hydrogen-bond donors (Lipinski definition) is 1. The van der Waals surface area contributed by atoms with Crippen molar-refractivity contribution in [1.29, 1.82) is 0 Å². The third-order valence-corrected chi connectivity index (χ3v) is 3.90. The predicted molar refractivity (Wildman–Crippen MR) is 73.0 cm³/mol. The first kappa shape index (κ1) is 13.8. The van der Waals surface area contributed by atoms with Crippen LogP contribution in [0.4, 0.5) is 10.1 Å². The lowest BCUT2D eigenvalue weighted by molar-refractivity contribution is -0.147. The molecular weight excluding hydrogens is 245 g/mol. The van der Waals surface area contributed by atoms with Crippen molar-refractivity contribution >= 4 is 11.7 Å². The highest BCUT2D eigenvalue weighted by molar-refractivity contribution is 5.75. The van der Waals surface area contributed by atoms with E-state index >= 15 is 0 Å². The van der Waals surface area contributed by atoms with E-state index in [1.165, 1.54) is 12.1 Å². The fraction of sp³-hybridized carbons (Fsp3) is 0.533. The van der Waals surface area contributed by atoms with Crippen LogP contribution in [0.2, 0.25) is 0 Å². The van der Waals surface area contributed by atoms with Gasteiger partial charge in [-0.05, 0) is 37.5 Å². The molecule has 1 aliphatic rings. The topological polar surface area (TPSA) is 40.5 Å². The number of aliphatic carboxylic acids is 1. The maximum Gasteiger partial charge on any atom is 0.311 e. The number of anilines is 1. The van der Waals surface area contributed by atoms with E-state index in [9.17, 15) is 14.3 Å². The third-order valence-electron chi connectivity index (χ3n) is 3.90. The Morgan fingerprint density at radius 3 is 2.89 bits per heavy atom. The average molecular weight is 265 g/mol. The Morgan fingerprint density at radius 2 is 2.26 bits per heavy atom. The van der Waals surface area contributed by atoms with Crippen LogP contribution in [0, 0.1) is 11.2 Å². The molecule has 1 aliphatic heterocycles. The van der Waals surface area contributed by atoms with Gasteiger partial charge in [0.2, 0.25) is 0 Å². The van der Waals surface area contributed by atoms with Crippen molar-refractivity contribution in [2.24, 2.45) is 5.41 Å². The van der Waals surface area contributed by atoms with Crippen molar-refractivity contribution in [2.45, 2.75) is 33.1 Å². The number of nitrogens with zero attached hydrogens (tertiary/aromatic N) is 1. The second-order valence-electron chi connectivity index (χ2n) is 5.56. The standard InChI is InChI=1S/C15H20FNO2/c1-3-7-15(2,14(18)19)10-17-8-6-11-4-5-12(16)9-13(11)17/h4-5,9H,3,6-8,10H2,1-2H3,(H,18,19). The van der Waals surface area contributed by atoms with E-state index < -0.39 is 11.4 Å². The van der Waals surface area contributed by atoms with Gasteiger partial charge in [0.15, 0.2) is 0 Å². The molecule has 1 atom stereocenters. The molecule has 0 spiro atoms. The number of halogens is 1. The van der Waals surface area contributed by atoms with Gasteiger partial charge in [-0.25, -0.2) is 4.39 Å². The van der Waals surface area contributed by atoms with Crippen LogP contribution >= 0.6 is 0 Å². The van der Waals surface area contributed by atoms with E-state index in [-0.39, 0.29) is 5.82 Å². The maximum absolute atomic E-state index is 13.3. The van der Waals surface area contributed by atoms with Crippen LogP contribution in [0.3, 0.4) is 0 Å². The molecule has 1 aromatic carbocycles. The molecule has 0 saturated carbocycles. The minimum Gasteiger partial charge on any atom is -0.481 e. The van der Waals surface area contributed by atoms with E-state index in [2.05, 4.69) is 0 Å². The summed E-state index contributed by atoms with van der Waals surface area (Å²) in [5, 5.41) is 9.43. The van der Waals surface area contributed by atoms with Crippen LogP contribution in [0.1, 0.15) is 32.3 Å². The van der Waals surface area contributed by atoms with E-state index in [4.69, 9.17) is 0 Å². The Bertz CT molecular complexity index is 489. The lowest BCUT2D eigenvalue weighted by Gasteiger charge is -2.31. The number of carboxylic acids is 1. The van der Waals surface area contributed by atoms with Crippen molar-refractivity contribution in [3.05, 3.63) is 29.6 Å². The van der Waals surface area contributed by atoms with Crippen LogP contribution in [-0.2, 0) is 11.2 Å². The molecule has 1 N–H and O–H groups in total. The molecule has 0 aliphatic carbocycles. The molecule has 3 nitrogen and oxygen atoms in total. The van der Waals surface area contributed by atoms with Crippen LogP contribution in [0.5, 0.6) is 0 Å². The molecular formula is C15H20FNO2. The molecule has 2 rings (SSSR count). The number of carboxylic acid groups (broad SMARTS) is 1. The summed E-state index contributed by atoms with van der Waals surface area (Å²) in [7, 11) is 0. The lowest BCUT2D eigenvalue weighted by atomic mass is 9.85. The third kappa shape index (κ3) is 2.72. The number of benzene rings is 1. The van der Waals surface area contributed by atoms with E-state index in [0.717, 1.165) is 30.6 Å². The van der Waals surface area contributed by atoms with E-state index in [1.54, 1.807) is 13.0 Å². The number of fused-ring (bicyclic) bond motifs is 1. The van der Waals surface area contributed by atoms with Gasteiger partial charge >= 0.3 is 5.97 Å². The van der Waals surface area contributed by atoms with Crippen LogP contribution in [-0.4, -0.2) is 24.2 Å². The summed E-state index contributed by atoms with van der Waals surface area (Å²) in [5.41, 5.74) is 1.18. The van der Waals surface area contributed by atoms with Gasteiger partial charge in [0.05, 0.1) is 5.41 Å². The molecule has 0 bridgehead atoms. The van der Waals surface area contributed by atoms with Gasteiger partial charge in [-0.3, -0.25) is 4.79 Å². The zero-order chi connectivity index (χ0) is 14.0. The molecule has 1 unspecified atom stereocenters. The molecule has 1 aromatic rings. The number of hydrogen-bond acceptors (Lipinski definition) is 2. The zero-order valence-electron chi connectivity index (χ0n) is 11.4. The number of carbonyl (C=O) groups is 1. The largest absolute Gasteiger partial charge is 0.481 e. The quantitative estimate of drug-likeness (QED) is 0.889. The Morgan fingerprint density at radius 1 is 1.53 bits per heavy atom. The average Bonchev–Trinajstić information content (AvgIpc) is 2.72. The fourth-order valence-electron chi connectivity index (χ4n) is 2.81. The molecule has 0 aromatic heterocycles. The lowest BCUT2D eigenvalue weighted by Crippen LogP contribution is -2.40. The Kier molecular flexibility index (Phi) is 3.78. The Hall–Kier alpha value is -1.58. The van der Waals surface area contributed by atoms with Crippen molar-refractivity contribution in [3.8, 4) is 0 Å². The Balaban J connectivity index is 2.22. The predicted octanol–water partition coefficient (Wildman–Crippen LogP) is 3.08. The maximum atomic E-state index is 13.3. The van der Waals surface area contributed by atoms with Gasteiger partial charge < -0.3 is 10.0 Å². The zero-order valence-corrected chi connectivity index (χ0v) is 11.4. The van der Waals surface area contributed by atoms with Crippen molar-refractivity contribution in [1.82, 2.24) is 0 Å². The summed E-state index contributed by atoms with van der Waals surface area (Å²) in [6.07, 6.45) is 2.31. The second-order valence-corrected chi connectivity index (χ2v) is 5.56. The van der Waals surface area contributed by atoms with Gasteiger partial charge in [-0.15, -0.1) is 0 Å². The molecule has 0 radical (unpaired) electrons. The monoisotopic (exact) mass is 265 g/mol. The SMILES string of the molecule is CCCC(C)(CN1CCc2ccc(F)cc21)C(=O)O. The van der Waals surface area contributed by atoms with Crippen LogP contribution in [0.25, 0.3) is 0 Å². The van der Waals surface area contributed by atoms with E-state index in [1.807, 2.05) is 11.8 Å². The van der Waals surface area contributed by atoms with Crippen LogP contribution in [0.15, 0.2) is 18.2 Å². The first-order valence-electron chi connectivity index (χ1n) is 6.73. The van der Waals surface area contributed by atoms with Gasteiger partial charge in [-0.2, -0.15) is 0 Å². The van der Waals surface area contributed by atoms with Crippen molar-refractivity contribution in [2.75, 3.05) is 18.0 Å². The highest BCUT2D eigenvalue weighted by Crippen LogP contribution is 2.33. The smallest absolute Gasteiger partial charge is 0.311 e. The van der Waals surface area contributed by atoms with Crippen molar-refractivity contribution < 1.29 is 14.3 Å². The normalized spacial score (nSPS) is 17.1. The molecule has 0 fully saturated rings. The summed E-state index contributed by atoms with van der Waals surface area (Å²) < 4.78 is 13.3. The highest BCUT2D eigenvalue weighted by Gasteiger charge is 2.36. The molecule has 0 amide bonds. The van der Waals surface area contributed by atoms with Crippen molar-refractivity contribution in [3.63, 3.8) is 0 Å². The highest BCUT2D eigenvalue weighted by atomic mass is 19.1. The van der Waals surface area contributed by atoms with Gasteiger partial charge in [0.1, 0.15) is 5.82 Å². The molecule has 0 saturated heterocycles. The minimum atomic E-state index is -0.779. The first-order valence-corrected chi connectivity index (χ1v) is 6.73. The van der Waals surface area contributed by atoms with Gasteiger partial charge in [0.25, 0.3) is 0 Å².